The molecule has 1 saturated heterocycles. The maximum absolute atomic E-state index is 9.17. The van der Waals surface area contributed by atoms with Crippen LogP contribution in [-0.4, -0.2) is 34.7 Å². The molecule has 102 valence electrons. The summed E-state index contributed by atoms with van der Waals surface area (Å²) in [5.41, 5.74) is 1.02. The van der Waals surface area contributed by atoms with Gasteiger partial charge in [-0.25, -0.2) is 4.98 Å². The van der Waals surface area contributed by atoms with Gasteiger partial charge in [-0.1, -0.05) is 6.07 Å². The van der Waals surface area contributed by atoms with E-state index in [0.29, 0.717) is 5.92 Å². The van der Waals surface area contributed by atoms with Crippen LogP contribution in [0.1, 0.15) is 17.9 Å². The van der Waals surface area contributed by atoms with Crippen LogP contribution in [0.4, 0.5) is 0 Å². The molecule has 0 aliphatic carbocycles. The van der Waals surface area contributed by atoms with Crippen molar-refractivity contribution in [3.8, 4) is 10.8 Å². The smallest absolute Gasteiger partial charge is 0.236 e. The molecule has 3 heterocycles. The molecule has 0 bridgehead atoms. The van der Waals surface area contributed by atoms with Gasteiger partial charge in [0.25, 0.3) is 0 Å². The Hall–Kier alpha value is -1.17. The van der Waals surface area contributed by atoms with Crippen molar-refractivity contribution in [2.75, 3.05) is 19.7 Å². The van der Waals surface area contributed by atoms with Gasteiger partial charge in [0.15, 0.2) is 0 Å². The van der Waals surface area contributed by atoms with Gasteiger partial charge in [-0.05, 0) is 37.3 Å². The van der Waals surface area contributed by atoms with Gasteiger partial charge in [0, 0.05) is 19.7 Å². The summed E-state index contributed by atoms with van der Waals surface area (Å²) in [5.74, 6) is 2.04. The molecule has 1 atom stereocenters. The molecule has 0 amide bonds. The quantitative estimate of drug-likeness (QED) is 0.933. The molecule has 1 unspecified atom stereocenters. The number of nitrogens with zero attached hydrogens (tertiary/aromatic N) is 2. The minimum Gasteiger partial charge on any atom is -0.440 e. The second kappa shape index (κ2) is 5.45. The number of aliphatic hydroxyl groups excluding tert-OH is 1. The van der Waals surface area contributed by atoms with E-state index in [1.54, 1.807) is 11.3 Å². The standard InChI is InChI=1S/C14H18N2O2S/c1-10-12(8-16-5-4-11(7-16)9-17)15-14(18-10)13-3-2-6-19-13/h2-3,6,11,17H,4-5,7-9H2,1H3. The molecule has 1 fully saturated rings. The Balaban J connectivity index is 1.72. The van der Waals surface area contributed by atoms with Gasteiger partial charge in [-0.2, -0.15) is 0 Å². The third-order valence-electron chi connectivity index (χ3n) is 3.63. The highest BCUT2D eigenvalue weighted by Crippen LogP contribution is 2.27. The van der Waals surface area contributed by atoms with Crippen molar-refractivity contribution in [3.63, 3.8) is 0 Å². The number of thiophene rings is 1. The Labute approximate surface area is 116 Å². The molecule has 1 N–H and O–H groups in total. The lowest BCUT2D eigenvalue weighted by Crippen LogP contribution is -2.21. The first-order valence-electron chi connectivity index (χ1n) is 6.59. The van der Waals surface area contributed by atoms with E-state index in [2.05, 4.69) is 9.88 Å². The lowest BCUT2D eigenvalue weighted by atomic mass is 10.1. The van der Waals surface area contributed by atoms with Gasteiger partial charge in [0.05, 0.1) is 10.6 Å². The molecule has 0 spiro atoms. The lowest BCUT2D eigenvalue weighted by Gasteiger charge is -2.13. The first kappa shape index (κ1) is 12.8. The summed E-state index contributed by atoms with van der Waals surface area (Å²) in [6.45, 7) is 5.06. The van der Waals surface area contributed by atoms with Crippen LogP contribution in [0, 0.1) is 12.8 Å². The summed E-state index contributed by atoms with van der Waals surface area (Å²) in [4.78, 5) is 8.02. The molecule has 1 aliphatic heterocycles. The number of aromatic nitrogens is 1. The van der Waals surface area contributed by atoms with Crippen LogP contribution in [-0.2, 0) is 6.54 Å². The second-order valence-corrected chi connectivity index (χ2v) is 6.02. The van der Waals surface area contributed by atoms with Crippen molar-refractivity contribution in [2.24, 2.45) is 5.92 Å². The van der Waals surface area contributed by atoms with E-state index < -0.39 is 0 Å². The largest absolute Gasteiger partial charge is 0.440 e. The first-order chi connectivity index (χ1) is 9.26. The monoisotopic (exact) mass is 278 g/mol. The molecule has 2 aromatic heterocycles. The average Bonchev–Trinajstić information content (AvgIpc) is 3.12. The molecule has 0 radical (unpaired) electrons. The van der Waals surface area contributed by atoms with Crippen LogP contribution in [0.2, 0.25) is 0 Å². The number of hydrogen-bond acceptors (Lipinski definition) is 5. The van der Waals surface area contributed by atoms with Crippen molar-refractivity contribution >= 4 is 11.3 Å². The summed E-state index contributed by atoms with van der Waals surface area (Å²) in [7, 11) is 0. The molecule has 19 heavy (non-hydrogen) atoms. The summed E-state index contributed by atoms with van der Waals surface area (Å²) in [6.07, 6.45) is 1.07. The van der Waals surface area contributed by atoms with Crippen LogP contribution in [0.25, 0.3) is 10.8 Å². The highest BCUT2D eigenvalue weighted by Gasteiger charge is 2.23. The van der Waals surface area contributed by atoms with Gasteiger partial charge in [0.1, 0.15) is 5.76 Å². The molecular formula is C14H18N2O2S. The molecular weight excluding hydrogens is 260 g/mol. The first-order valence-corrected chi connectivity index (χ1v) is 7.47. The van der Waals surface area contributed by atoms with E-state index in [-0.39, 0.29) is 6.61 Å². The summed E-state index contributed by atoms with van der Waals surface area (Å²) < 4.78 is 5.75. The summed E-state index contributed by atoms with van der Waals surface area (Å²) in [5, 5.41) is 11.2. The van der Waals surface area contributed by atoms with E-state index >= 15 is 0 Å². The SMILES string of the molecule is Cc1oc(-c2cccs2)nc1CN1CCC(CO)C1. The maximum atomic E-state index is 9.17. The Morgan fingerprint density at radius 3 is 3.16 bits per heavy atom. The fraction of sp³-hybridized carbons (Fsp3) is 0.500. The molecule has 0 saturated carbocycles. The summed E-state index contributed by atoms with van der Waals surface area (Å²) >= 11 is 1.64. The van der Waals surface area contributed by atoms with Crippen molar-refractivity contribution in [2.45, 2.75) is 19.9 Å². The van der Waals surface area contributed by atoms with Gasteiger partial charge in [0.2, 0.25) is 5.89 Å². The maximum Gasteiger partial charge on any atom is 0.236 e. The predicted molar refractivity (Wildman–Crippen MR) is 75.0 cm³/mol. The van der Waals surface area contributed by atoms with Crippen LogP contribution in [0.5, 0.6) is 0 Å². The summed E-state index contributed by atoms with van der Waals surface area (Å²) in [6, 6.07) is 4.03. The van der Waals surface area contributed by atoms with Gasteiger partial charge < -0.3 is 9.52 Å². The Morgan fingerprint density at radius 2 is 2.47 bits per heavy atom. The molecule has 5 heteroatoms. The van der Waals surface area contributed by atoms with E-state index in [4.69, 9.17) is 4.42 Å². The van der Waals surface area contributed by atoms with Crippen LogP contribution < -0.4 is 0 Å². The number of rotatable bonds is 4. The zero-order valence-electron chi connectivity index (χ0n) is 11.0. The fourth-order valence-electron chi connectivity index (χ4n) is 2.50. The number of likely N-dealkylation sites (tertiary alicyclic amines) is 1. The van der Waals surface area contributed by atoms with E-state index in [1.165, 1.54) is 0 Å². The van der Waals surface area contributed by atoms with E-state index in [0.717, 1.165) is 48.3 Å². The van der Waals surface area contributed by atoms with Gasteiger partial charge in [-0.3, -0.25) is 4.90 Å². The number of oxazole rings is 1. The van der Waals surface area contributed by atoms with Gasteiger partial charge >= 0.3 is 0 Å². The molecule has 2 aromatic rings. The minimum atomic E-state index is 0.286. The molecule has 1 aliphatic rings. The van der Waals surface area contributed by atoms with Crippen LogP contribution in [0.3, 0.4) is 0 Å². The second-order valence-electron chi connectivity index (χ2n) is 5.07. The zero-order valence-corrected chi connectivity index (χ0v) is 11.8. The van der Waals surface area contributed by atoms with Crippen molar-refractivity contribution in [1.29, 1.82) is 0 Å². The Morgan fingerprint density at radius 1 is 1.58 bits per heavy atom. The number of aryl methyl sites for hydroxylation is 1. The zero-order chi connectivity index (χ0) is 13.2. The Kier molecular flexibility index (Phi) is 3.68. The third-order valence-corrected chi connectivity index (χ3v) is 4.48. The van der Waals surface area contributed by atoms with Gasteiger partial charge in [-0.15, -0.1) is 11.3 Å². The topological polar surface area (TPSA) is 49.5 Å². The third kappa shape index (κ3) is 2.73. The van der Waals surface area contributed by atoms with Crippen LogP contribution >= 0.6 is 11.3 Å². The van der Waals surface area contributed by atoms with Crippen LogP contribution in [0.15, 0.2) is 21.9 Å². The van der Waals surface area contributed by atoms with Crippen molar-refractivity contribution in [3.05, 3.63) is 29.0 Å². The predicted octanol–water partition coefficient (Wildman–Crippen LogP) is 2.53. The van der Waals surface area contributed by atoms with Crippen molar-refractivity contribution in [1.82, 2.24) is 9.88 Å². The normalized spacial score (nSPS) is 20.2. The molecule has 4 nitrogen and oxygen atoms in total. The van der Waals surface area contributed by atoms with Crippen molar-refractivity contribution < 1.29 is 9.52 Å². The highest BCUT2D eigenvalue weighted by atomic mass is 32.1. The number of hydrogen-bond donors (Lipinski definition) is 1. The van der Waals surface area contributed by atoms with E-state index in [1.807, 2.05) is 24.4 Å². The minimum absolute atomic E-state index is 0.286. The fourth-order valence-corrected chi connectivity index (χ4v) is 3.15. The molecule has 3 rings (SSSR count). The Bertz CT molecular complexity index is 536. The average molecular weight is 278 g/mol. The van der Waals surface area contributed by atoms with E-state index in [9.17, 15) is 5.11 Å². The highest BCUT2D eigenvalue weighted by molar-refractivity contribution is 7.13. The lowest BCUT2D eigenvalue weighted by molar-refractivity contribution is 0.219. The molecule has 0 aromatic carbocycles. The number of aliphatic hydroxyl groups is 1.